The van der Waals surface area contributed by atoms with E-state index in [0.717, 1.165) is 6.26 Å². The van der Waals surface area contributed by atoms with Crippen molar-refractivity contribution >= 4 is 20.1 Å². The molecule has 0 aliphatic rings. The minimum absolute atomic E-state index is 0.339. The minimum atomic E-state index is -4.13. The number of hydrogen-bond acceptors (Lipinski definition) is 5. The van der Waals surface area contributed by atoms with E-state index in [1.165, 1.54) is 0 Å². The van der Waals surface area contributed by atoms with Crippen molar-refractivity contribution in [2.75, 3.05) is 45.7 Å². The normalized spacial score (nSPS) is 13.8. The van der Waals surface area contributed by atoms with Crippen LogP contribution in [0.15, 0.2) is 0 Å². The molecule has 0 aromatic rings. The second-order valence-corrected chi connectivity index (χ2v) is 8.37. The molecular formula is C9H22N2O5S2. The SMILES string of the molecule is C[N+](C)(CCCCS(=O)(=O)[O-])CCNS(C)(=O)=O. The molecule has 0 rings (SSSR count). The van der Waals surface area contributed by atoms with E-state index in [0.29, 0.717) is 37.0 Å². The molecule has 0 aliphatic heterocycles. The highest BCUT2D eigenvalue weighted by molar-refractivity contribution is 7.88. The lowest BCUT2D eigenvalue weighted by atomic mass is 10.3. The Morgan fingerprint density at radius 1 is 1.06 bits per heavy atom. The maximum absolute atomic E-state index is 10.9. The van der Waals surface area contributed by atoms with E-state index in [4.69, 9.17) is 0 Å². The van der Waals surface area contributed by atoms with Crippen LogP contribution < -0.4 is 4.72 Å². The third kappa shape index (κ3) is 12.2. The molecular weight excluding hydrogens is 280 g/mol. The van der Waals surface area contributed by atoms with E-state index in [-0.39, 0.29) is 5.75 Å². The molecule has 110 valence electrons. The fraction of sp³-hybridized carbons (Fsp3) is 1.00. The lowest BCUT2D eigenvalue weighted by Crippen LogP contribution is -2.45. The lowest BCUT2D eigenvalue weighted by molar-refractivity contribution is -0.889. The van der Waals surface area contributed by atoms with E-state index < -0.39 is 20.1 Å². The third-order valence-corrected chi connectivity index (χ3v) is 4.01. The molecule has 0 aliphatic carbocycles. The molecule has 1 N–H and O–H groups in total. The summed E-state index contributed by atoms with van der Waals surface area (Å²) in [6.45, 7) is 1.64. The van der Waals surface area contributed by atoms with Gasteiger partial charge in [-0.2, -0.15) is 0 Å². The topological polar surface area (TPSA) is 103 Å². The Morgan fingerprint density at radius 2 is 1.61 bits per heavy atom. The molecule has 0 saturated heterocycles. The molecule has 0 amide bonds. The van der Waals surface area contributed by atoms with E-state index >= 15 is 0 Å². The fourth-order valence-electron chi connectivity index (χ4n) is 1.46. The molecule has 18 heavy (non-hydrogen) atoms. The van der Waals surface area contributed by atoms with Gasteiger partial charge in [0.05, 0.1) is 50.1 Å². The van der Waals surface area contributed by atoms with E-state index in [1.54, 1.807) is 0 Å². The maximum atomic E-state index is 10.9. The lowest BCUT2D eigenvalue weighted by Gasteiger charge is -2.29. The second-order valence-electron chi connectivity index (χ2n) is 5.02. The number of nitrogens with one attached hydrogen (secondary N) is 1. The van der Waals surface area contributed by atoms with Crippen LogP contribution in [0.3, 0.4) is 0 Å². The van der Waals surface area contributed by atoms with Crippen LogP contribution in [0.4, 0.5) is 0 Å². The van der Waals surface area contributed by atoms with Gasteiger partial charge in [-0.15, -0.1) is 0 Å². The first-order valence-corrected chi connectivity index (χ1v) is 9.08. The summed E-state index contributed by atoms with van der Waals surface area (Å²) in [7, 11) is -3.45. The molecule has 0 fully saturated rings. The average molecular weight is 302 g/mol. The molecule has 0 atom stereocenters. The van der Waals surface area contributed by atoms with E-state index in [2.05, 4.69) is 4.72 Å². The summed E-state index contributed by atoms with van der Waals surface area (Å²) in [4.78, 5) is 0. The first-order chi connectivity index (χ1) is 7.91. The molecule has 7 nitrogen and oxygen atoms in total. The van der Waals surface area contributed by atoms with Crippen LogP contribution in [-0.4, -0.2) is 71.6 Å². The molecule has 0 bridgehead atoms. The quantitative estimate of drug-likeness (QED) is 0.332. The van der Waals surface area contributed by atoms with Gasteiger partial charge in [-0.05, 0) is 12.8 Å². The summed E-state index contributed by atoms with van der Waals surface area (Å²) in [6, 6.07) is 0. The van der Waals surface area contributed by atoms with E-state index in [9.17, 15) is 21.4 Å². The van der Waals surface area contributed by atoms with Crippen molar-refractivity contribution in [3.05, 3.63) is 0 Å². The van der Waals surface area contributed by atoms with Crippen molar-refractivity contribution < 1.29 is 25.9 Å². The Bertz CT molecular complexity index is 442. The van der Waals surface area contributed by atoms with Crippen LogP contribution in [-0.2, 0) is 20.1 Å². The minimum Gasteiger partial charge on any atom is -0.748 e. The van der Waals surface area contributed by atoms with Crippen LogP contribution in [0.25, 0.3) is 0 Å². The number of unbranched alkanes of at least 4 members (excludes halogenated alkanes) is 1. The van der Waals surface area contributed by atoms with Crippen LogP contribution in [0, 0.1) is 0 Å². The van der Waals surface area contributed by atoms with Gasteiger partial charge in [-0.1, -0.05) is 0 Å². The molecule has 0 unspecified atom stereocenters. The Morgan fingerprint density at radius 3 is 2.06 bits per heavy atom. The standard InChI is InChI=1S/C9H22N2O5S2/c1-11(2,8-6-10-17(3,12)13)7-4-5-9-18(14,15)16/h10H,4-9H2,1-3H3. The first kappa shape index (κ1) is 17.8. The van der Waals surface area contributed by atoms with Crippen LogP contribution in [0.5, 0.6) is 0 Å². The summed E-state index contributed by atoms with van der Waals surface area (Å²) in [5, 5.41) is 0. The number of quaternary nitrogens is 1. The Labute approximate surface area is 110 Å². The fourth-order valence-corrected chi connectivity index (χ4v) is 2.48. The molecule has 0 spiro atoms. The van der Waals surface area contributed by atoms with Gasteiger partial charge in [0.25, 0.3) is 0 Å². The van der Waals surface area contributed by atoms with Crippen molar-refractivity contribution in [3.8, 4) is 0 Å². The Kier molecular flexibility index (Phi) is 6.72. The highest BCUT2D eigenvalue weighted by atomic mass is 32.2. The van der Waals surface area contributed by atoms with Crippen LogP contribution in [0.2, 0.25) is 0 Å². The summed E-state index contributed by atoms with van der Waals surface area (Å²) in [6.07, 6.45) is 2.06. The third-order valence-electron chi connectivity index (χ3n) is 2.49. The highest BCUT2D eigenvalue weighted by Crippen LogP contribution is 2.02. The van der Waals surface area contributed by atoms with Crippen LogP contribution >= 0.6 is 0 Å². The largest absolute Gasteiger partial charge is 0.748 e. The zero-order valence-corrected chi connectivity index (χ0v) is 12.7. The van der Waals surface area contributed by atoms with Crippen molar-refractivity contribution in [2.45, 2.75) is 12.8 Å². The summed E-state index contributed by atoms with van der Waals surface area (Å²) in [5.74, 6) is -0.339. The van der Waals surface area contributed by atoms with Crippen molar-refractivity contribution in [1.82, 2.24) is 4.72 Å². The summed E-state index contributed by atoms with van der Waals surface area (Å²) in [5.41, 5.74) is 0. The van der Waals surface area contributed by atoms with Gasteiger partial charge in [-0.25, -0.2) is 21.6 Å². The zero-order chi connectivity index (χ0) is 14.4. The van der Waals surface area contributed by atoms with Crippen LogP contribution in [0.1, 0.15) is 12.8 Å². The Balaban J connectivity index is 3.87. The predicted molar refractivity (Wildman–Crippen MR) is 68.5 cm³/mol. The Hall–Kier alpha value is -0.220. The molecule has 0 aromatic heterocycles. The van der Waals surface area contributed by atoms with Gasteiger partial charge in [0.1, 0.15) is 0 Å². The van der Waals surface area contributed by atoms with Crippen molar-refractivity contribution in [3.63, 3.8) is 0 Å². The van der Waals surface area contributed by atoms with Gasteiger partial charge in [0.2, 0.25) is 10.0 Å². The summed E-state index contributed by atoms with van der Waals surface area (Å²) < 4.78 is 55.9. The molecule has 0 radical (unpaired) electrons. The maximum Gasteiger partial charge on any atom is 0.208 e. The van der Waals surface area contributed by atoms with Gasteiger partial charge in [0, 0.05) is 5.75 Å². The number of nitrogens with zero attached hydrogens (tertiary/aromatic N) is 1. The molecule has 0 heterocycles. The number of likely N-dealkylation sites (N-methyl/N-ethyl adjacent to an activating group) is 1. The molecule has 0 saturated carbocycles. The monoisotopic (exact) mass is 302 g/mol. The summed E-state index contributed by atoms with van der Waals surface area (Å²) >= 11 is 0. The van der Waals surface area contributed by atoms with Crippen molar-refractivity contribution in [2.24, 2.45) is 0 Å². The molecule has 0 aromatic carbocycles. The zero-order valence-electron chi connectivity index (χ0n) is 11.0. The highest BCUT2D eigenvalue weighted by Gasteiger charge is 2.15. The van der Waals surface area contributed by atoms with Gasteiger partial charge < -0.3 is 9.04 Å². The van der Waals surface area contributed by atoms with E-state index in [1.807, 2.05) is 14.1 Å². The molecule has 9 heteroatoms. The number of rotatable bonds is 9. The van der Waals surface area contributed by atoms with Gasteiger partial charge in [0.15, 0.2) is 0 Å². The first-order valence-electron chi connectivity index (χ1n) is 5.61. The number of hydrogen-bond donors (Lipinski definition) is 1. The predicted octanol–water partition coefficient (Wildman–Crippen LogP) is -1.06. The van der Waals surface area contributed by atoms with Gasteiger partial charge >= 0.3 is 0 Å². The number of sulfonamides is 1. The van der Waals surface area contributed by atoms with Gasteiger partial charge in [-0.3, -0.25) is 0 Å². The van der Waals surface area contributed by atoms with Crippen molar-refractivity contribution in [1.29, 1.82) is 0 Å². The smallest absolute Gasteiger partial charge is 0.208 e. The average Bonchev–Trinajstić information content (AvgIpc) is 2.08. The second kappa shape index (κ2) is 6.80.